The van der Waals surface area contributed by atoms with Crippen molar-refractivity contribution in [3.8, 4) is 5.75 Å². The molecule has 20 heavy (non-hydrogen) atoms. The highest BCUT2D eigenvalue weighted by Gasteiger charge is 2.24. The maximum Gasteiger partial charge on any atom is 0.120 e. The molecule has 1 aromatic carbocycles. The summed E-state index contributed by atoms with van der Waals surface area (Å²) in [5, 5.41) is 3.55. The van der Waals surface area contributed by atoms with E-state index in [1.54, 1.807) is 0 Å². The zero-order chi connectivity index (χ0) is 15.2. The summed E-state index contributed by atoms with van der Waals surface area (Å²) in [6.45, 7) is 13.1. The first-order chi connectivity index (χ1) is 9.29. The molecule has 0 amide bonds. The largest absolute Gasteiger partial charge is 0.494 e. The van der Waals surface area contributed by atoms with Crippen LogP contribution < -0.4 is 10.1 Å². The van der Waals surface area contributed by atoms with Crippen molar-refractivity contribution >= 4 is 15.9 Å². The van der Waals surface area contributed by atoms with Gasteiger partial charge in [-0.05, 0) is 42.5 Å². The van der Waals surface area contributed by atoms with E-state index >= 15 is 0 Å². The zero-order valence-electron chi connectivity index (χ0n) is 13.4. The summed E-state index contributed by atoms with van der Waals surface area (Å²) in [6, 6.07) is 8.56. The molecule has 0 aliphatic heterocycles. The van der Waals surface area contributed by atoms with Crippen molar-refractivity contribution in [2.75, 3.05) is 13.2 Å². The van der Waals surface area contributed by atoms with Crippen LogP contribution in [0, 0.1) is 11.3 Å². The van der Waals surface area contributed by atoms with Gasteiger partial charge in [0.25, 0.3) is 0 Å². The van der Waals surface area contributed by atoms with Crippen molar-refractivity contribution in [2.24, 2.45) is 11.3 Å². The van der Waals surface area contributed by atoms with E-state index in [9.17, 15) is 0 Å². The Morgan fingerprint density at radius 1 is 1.25 bits per heavy atom. The Hall–Kier alpha value is -0.540. The molecule has 0 aliphatic carbocycles. The third-order valence-electron chi connectivity index (χ3n) is 3.53. The summed E-state index contributed by atoms with van der Waals surface area (Å²) in [5.74, 6) is 1.54. The zero-order valence-corrected chi connectivity index (χ0v) is 15.0. The Morgan fingerprint density at radius 2 is 1.95 bits per heavy atom. The topological polar surface area (TPSA) is 21.3 Å². The molecule has 1 aromatic rings. The molecule has 0 spiro atoms. The third-order valence-corrected chi connectivity index (χ3v) is 4.02. The van der Waals surface area contributed by atoms with Crippen LogP contribution in [0.5, 0.6) is 5.75 Å². The van der Waals surface area contributed by atoms with Crippen LogP contribution in [0.25, 0.3) is 0 Å². The molecule has 0 aliphatic rings. The molecule has 1 unspecified atom stereocenters. The van der Waals surface area contributed by atoms with Crippen molar-refractivity contribution in [1.29, 1.82) is 0 Å². The number of halogens is 1. The van der Waals surface area contributed by atoms with Gasteiger partial charge in [0.2, 0.25) is 0 Å². The van der Waals surface area contributed by atoms with Gasteiger partial charge in [0.1, 0.15) is 5.75 Å². The van der Waals surface area contributed by atoms with E-state index in [0.717, 1.165) is 29.8 Å². The fraction of sp³-hybridized carbons (Fsp3) is 0.647. The van der Waals surface area contributed by atoms with E-state index in [4.69, 9.17) is 4.74 Å². The number of benzene rings is 1. The lowest BCUT2D eigenvalue weighted by molar-refractivity contribution is 0.177. The Morgan fingerprint density at radius 3 is 2.50 bits per heavy atom. The SMILES string of the molecule is CC(C)NCC(CCOc1cccc(Br)c1)C(C)(C)C. The molecule has 114 valence electrons. The lowest BCUT2D eigenvalue weighted by Crippen LogP contribution is -2.36. The molecule has 2 nitrogen and oxygen atoms in total. The van der Waals surface area contributed by atoms with Gasteiger partial charge in [0.15, 0.2) is 0 Å². The van der Waals surface area contributed by atoms with Gasteiger partial charge in [-0.2, -0.15) is 0 Å². The number of ether oxygens (including phenoxy) is 1. The lowest BCUT2D eigenvalue weighted by Gasteiger charge is -2.31. The van der Waals surface area contributed by atoms with E-state index in [2.05, 4.69) is 55.9 Å². The second kappa shape index (κ2) is 8.04. The van der Waals surface area contributed by atoms with Crippen LogP contribution in [0.1, 0.15) is 41.0 Å². The van der Waals surface area contributed by atoms with E-state index in [0.29, 0.717) is 17.4 Å². The first-order valence-corrected chi connectivity index (χ1v) is 8.20. The molecule has 0 saturated heterocycles. The number of hydrogen-bond acceptors (Lipinski definition) is 2. The molecule has 0 fully saturated rings. The number of nitrogens with one attached hydrogen (secondary N) is 1. The monoisotopic (exact) mass is 341 g/mol. The molecule has 1 N–H and O–H groups in total. The minimum atomic E-state index is 0.294. The van der Waals surface area contributed by atoms with Crippen LogP contribution in [0.3, 0.4) is 0 Å². The van der Waals surface area contributed by atoms with Crippen LogP contribution in [0.2, 0.25) is 0 Å². The van der Waals surface area contributed by atoms with Gasteiger partial charge < -0.3 is 10.1 Å². The predicted octanol–water partition coefficient (Wildman–Crippen LogP) is 4.88. The highest BCUT2D eigenvalue weighted by atomic mass is 79.9. The average molecular weight is 342 g/mol. The molecular formula is C17H28BrNO. The molecule has 1 rings (SSSR count). The summed E-state index contributed by atoms with van der Waals surface area (Å²) >= 11 is 3.47. The van der Waals surface area contributed by atoms with Crippen LogP contribution in [0.15, 0.2) is 28.7 Å². The number of hydrogen-bond donors (Lipinski definition) is 1. The first kappa shape index (κ1) is 17.5. The molecule has 0 bridgehead atoms. The maximum atomic E-state index is 5.86. The molecule has 0 saturated carbocycles. The fourth-order valence-corrected chi connectivity index (χ4v) is 2.47. The average Bonchev–Trinajstić information content (AvgIpc) is 2.31. The highest BCUT2D eigenvalue weighted by Crippen LogP contribution is 2.28. The summed E-state index contributed by atoms with van der Waals surface area (Å²) in [5.41, 5.74) is 0.294. The van der Waals surface area contributed by atoms with Crippen molar-refractivity contribution in [3.05, 3.63) is 28.7 Å². The maximum absolute atomic E-state index is 5.86. The van der Waals surface area contributed by atoms with E-state index in [1.807, 2.05) is 24.3 Å². The quantitative estimate of drug-likeness (QED) is 0.763. The van der Waals surface area contributed by atoms with Crippen molar-refractivity contribution in [3.63, 3.8) is 0 Å². The van der Waals surface area contributed by atoms with Crippen molar-refractivity contribution < 1.29 is 4.74 Å². The lowest BCUT2D eigenvalue weighted by atomic mass is 9.79. The summed E-state index contributed by atoms with van der Waals surface area (Å²) in [4.78, 5) is 0. The van der Waals surface area contributed by atoms with E-state index in [-0.39, 0.29) is 0 Å². The molecule has 0 aromatic heterocycles. The minimum Gasteiger partial charge on any atom is -0.494 e. The predicted molar refractivity (Wildman–Crippen MR) is 90.3 cm³/mol. The van der Waals surface area contributed by atoms with Gasteiger partial charge in [0.05, 0.1) is 6.61 Å². The molecule has 3 heteroatoms. The van der Waals surface area contributed by atoms with Gasteiger partial charge in [0, 0.05) is 10.5 Å². The second-order valence-electron chi connectivity index (χ2n) is 6.72. The summed E-state index contributed by atoms with van der Waals surface area (Å²) < 4.78 is 6.92. The van der Waals surface area contributed by atoms with Crippen molar-refractivity contribution in [2.45, 2.75) is 47.1 Å². The van der Waals surface area contributed by atoms with Gasteiger partial charge >= 0.3 is 0 Å². The Kier molecular flexibility index (Phi) is 7.04. The van der Waals surface area contributed by atoms with Crippen molar-refractivity contribution in [1.82, 2.24) is 5.32 Å². The van der Waals surface area contributed by atoms with Crippen LogP contribution in [0.4, 0.5) is 0 Å². The van der Waals surface area contributed by atoms with E-state index in [1.165, 1.54) is 0 Å². The summed E-state index contributed by atoms with van der Waals surface area (Å²) in [6.07, 6.45) is 1.07. The van der Waals surface area contributed by atoms with Gasteiger partial charge in [-0.1, -0.05) is 56.6 Å². The Balaban J connectivity index is 2.46. The van der Waals surface area contributed by atoms with Crippen LogP contribution in [-0.2, 0) is 0 Å². The summed E-state index contributed by atoms with van der Waals surface area (Å²) in [7, 11) is 0. The van der Waals surface area contributed by atoms with Crippen LogP contribution >= 0.6 is 15.9 Å². The normalized spacial score (nSPS) is 13.6. The fourth-order valence-electron chi connectivity index (χ4n) is 2.10. The standard InChI is InChI=1S/C17H28BrNO/c1-13(2)19-12-14(17(3,4)5)9-10-20-16-8-6-7-15(18)11-16/h6-8,11,13-14,19H,9-10,12H2,1-5H3. The molecule has 1 atom stereocenters. The first-order valence-electron chi connectivity index (χ1n) is 7.41. The van der Waals surface area contributed by atoms with Gasteiger partial charge in [-0.25, -0.2) is 0 Å². The van der Waals surface area contributed by atoms with Gasteiger partial charge in [-0.3, -0.25) is 0 Å². The smallest absolute Gasteiger partial charge is 0.120 e. The Bertz CT molecular complexity index is 398. The number of rotatable bonds is 7. The van der Waals surface area contributed by atoms with E-state index < -0.39 is 0 Å². The van der Waals surface area contributed by atoms with Crippen LogP contribution in [-0.4, -0.2) is 19.2 Å². The second-order valence-corrected chi connectivity index (χ2v) is 7.64. The molecule has 0 radical (unpaired) electrons. The Labute approximate surface area is 132 Å². The molecular weight excluding hydrogens is 314 g/mol. The highest BCUT2D eigenvalue weighted by molar-refractivity contribution is 9.10. The minimum absolute atomic E-state index is 0.294. The molecule has 0 heterocycles. The third kappa shape index (κ3) is 6.76. The van der Waals surface area contributed by atoms with Gasteiger partial charge in [-0.15, -0.1) is 0 Å².